The minimum Gasteiger partial charge on any atom is -0.363 e. The molecule has 0 atom stereocenters. The summed E-state index contributed by atoms with van der Waals surface area (Å²) in [5.74, 6) is -0.577. The number of nitrogens with two attached hydrogens (primary N) is 1. The van der Waals surface area contributed by atoms with Gasteiger partial charge in [-0.05, 0) is 17.7 Å². The predicted molar refractivity (Wildman–Crippen MR) is 61.8 cm³/mol. The lowest BCUT2D eigenvalue weighted by atomic mass is 10.2. The van der Waals surface area contributed by atoms with E-state index in [1.807, 2.05) is 24.3 Å². The maximum absolute atomic E-state index is 10.8. The van der Waals surface area contributed by atoms with Crippen molar-refractivity contribution in [1.29, 1.82) is 0 Å². The van der Waals surface area contributed by atoms with Crippen LogP contribution < -0.4 is 5.73 Å². The fourth-order valence-electron chi connectivity index (χ4n) is 1.26. The summed E-state index contributed by atoms with van der Waals surface area (Å²) < 4.78 is 2.59. The lowest BCUT2D eigenvalue weighted by Crippen LogP contribution is -2.13. The molecular formula is C10H9BrN4O. The highest BCUT2D eigenvalue weighted by atomic mass is 79.9. The molecule has 0 bridgehead atoms. The van der Waals surface area contributed by atoms with Crippen LogP contribution in [0.3, 0.4) is 0 Å². The van der Waals surface area contributed by atoms with E-state index in [9.17, 15) is 4.79 Å². The number of hydrogen-bond donors (Lipinski definition) is 1. The molecular weight excluding hydrogens is 272 g/mol. The van der Waals surface area contributed by atoms with Crippen LogP contribution in [0.25, 0.3) is 0 Å². The van der Waals surface area contributed by atoms with Crippen molar-refractivity contribution in [1.82, 2.24) is 14.8 Å². The zero-order valence-corrected chi connectivity index (χ0v) is 9.89. The van der Waals surface area contributed by atoms with Crippen molar-refractivity contribution in [3.05, 3.63) is 46.5 Å². The minimum absolute atomic E-state index is 0.0390. The van der Waals surface area contributed by atoms with Crippen LogP contribution in [0.5, 0.6) is 0 Å². The number of carbonyl (C=O) groups excluding carboxylic acids is 1. The van der Waals surface area contributed by atoms with Crippen LogP contribution in [0.4, 0.5) is 0 Å². The van der Waals surface area contributed by atoms with E-state index in [4.69, 9.17) is 5.73 Å². The Bertz CT molecular complexity index is 506. The minimum atomic E-state index is -0.616. The molecule has 5 nitrogen and oxygen atoms in total. The van der Waals surface area contributed by atoms with Crippen LogP contribution in [0.1, 0.15) is 16.2 Å². The van der Waals surface area contributed by atoms with Crippen molar-refractivity contribution in [3.63, 3.8) is 0 Å². The number of hydrogen-bond acceptors (Lipinski definition) is 3. The van der Waals surface area contributed by atoms with E-state index < -0.39 is 5.91 Å². The van der Waals surface area contributed by atoms with Gasteiger partial charge in [-0.3, -0.25) is 4.79 Å². The highest BCUT2D eigenvalue weighted by Crippen LogP contribution is 2.11. The summed E-state index contributed by atoms with van der Waals surface area (Å²) >= 11 is 3.36. The number of primary amides is 1. The maximum atomic E-state index is 10.8. The first-order valence-electron chi connectivity index (χ1n) is 4.59. The van der Waals surface area contributed by atoms with Crippen molar-refractivity contribution >= 4 is 21.8 Å². The molecule has 16 heavy (non-hydrogen) atoms. The Hall–Kier alpha value is -1.69. The summed E-state index contributed by atoms with van der Waals surface area (Å²) in [5, 5.41) is 3.95. The number of amides is 1. The average Bonchev–Trinajstić information content (AvgIpc) is 2.70. The van der Waals surface area contributed by atoms with E-state index >= 15 is 0 Å². The number of rotatable bonds is 3. The number of nitrogens with zero attached hydrogens (tertiary/aromatic N) is 3. The van der Waals surface area contributed by atoms with Crippen LogP contribution in [0.2, 0.25) is 0 Å². The van der Waals surface area contributed by atoms with Crippen LogP contribution in [-0.4, -0.2) is 20.7 Å². The second kappa shape index (κ2) is 4.44. The van der Waals surface area contributed by atoms with Gasteiger partial charge < -0.3 is 5.73 Å². The zero-order valence-electron chi connectivity index (χ0n) is 8.30. The third kappa shape index (κ3) is 2.46. The second-order valence-corrected chi connectivity index (χ2v) is 4.17. The van der Waals surface area contributed by atoms with Gasteiger partial charge in [0, 0.05) is 4.47 Å². The van der Waals surface area contributed by atoms with Gasteiger partial charge in [0.25, 0.3) is 5.91 Å². The molecule has 0 spiro atoms. The van der Waals surface area contributed by atoms with Crippen molar-refractivity contribution in [2.45, 2.75) is 6.54 Å². The van der Waals surface area contributed by atoms with Gasteiger partial charge in [0.2, 0.25) is 5.82 Å². The van der Waals surface area contributed by atoms with E-state index in [2.05, 4.69) is 26.0 Å². The highest BCUT2D eigenvalue weighted by Gasteiger charge is 2.06. The first-order chi connectivity index (χ1) is 7.65. The molecule has 1 amide bonds. The Morgan fingerprint density at radius 2 is 2.06 bits per heavy atom. The molecule has 2 N–H and O–H groups in total. The van der Waals surface area contributed by atoms with Crippen LogP contribution in [0.15, 0.2) is 35.1 Å². The molecule has 2 aromatic rings. The molecule has 0 radical (unpaired) electrons. The molecule has 6 heteroatoms. The molecule has 0 aliphatic carbocycles. The quantitative estimate of drug-likeness (QED) is 0.918. The molecule has 0 saturated heterocycles. The maximum Gasteiger partial charge on any atom is 0.288 e. The summed E-state index contributed by atoms with van der Waals surface area (Å²) in [6.07, 6.45) is 1.49. The first-order valence-corrected chi connectivity index (χ1v) is 5.38. The summed E-state index contributed by atoms with van der Waals surface area (Å²) in [5.41, 5.74) is 6.13. The normalized spacial score (nSPS) is 10.3. The average molecular weight is 281 g/mol. The van der Waals surface area contributed by atoms with Crippen molar-refractivity contribution in [3.8, 4) is 0 Å². The Labute approximate surface area is 100 Å². The largest absolute Gasteiger partial charge is 0.363 e. The van der Waals surface area contributed by atoms with Gasteiger partial charge in [-0.1, -0.05) is 28.1 Å². The summed E-state index contributed by atoms with van der Waals surface area (Å²) in [4.78, 5) is 14.6. The van der Waals surface area contributed by atoms with Gasteiger partial charge in [0.05, 0.1) is 6.54 Å². The van der Waals surface area contributed by atoms with Gasteiger partial charge in [0.15, 0.2) is 0 Å². The third-order valence-electron chi connectivity index (χ3n) is 2.01. The van der Waals surface area contributed by atoms with Crippen LogP contribution >= 0.6 is 15.9 Å². The summed E-state index contributed by atoms with van der Waals surface area (Å²) in [6.45, 7) is 0.563. The van der Waals surface area contributed by atoms with E-state index in [0.717, 1.165) is 10.0 Å². The topological polar surface area (TPSA) is 73.8 Å². The highest BCUT2D eigenvalue weighted by molar-refractivity contribution is 9.10. The van der Waals surface area contributed by atoms with Crippen LogP contribution in [-0.2, 0) is 6.54 Å². The van der Waals surface area contributed by atoms with Gasteiger partial charge in [-0.25, -0.2) is 9.67 Å². The fourth-order valence-corrected chi connectivity index (χ4v) is 1.52. The van der Waals surface area contributed by atoms with E-state index in [1.165, 1.54) is 6.33 Å². The van der Waals surface area contributed by atoms with Crippen molar-refractivity contribution in [2.24, 2.45) is 5.73 Å². The van der Waals surface area contributed by atoms with Gasteiger partial charge in [-0.2, -0.15) is 0 Å². The lowest BCUT2D eigenvalue weighted by molar-refractivity contribution is 0.0990. The van der Waals surface area contributed by atoms with E-state index in [-0.39, 0.29) is 5.82 Å². The Balaban J connectivity index is 2.14. The monoisotopic (exact) mass is 280 g/mol. The smallest absolute Gasteiger partial charge is 0.288 e. The third-order valence-corrected chi connectivity index (χ3v) is 2.54. The molecule has 1 aromatic carbocycles. The molecule has 0 saturated carbocycles. The molecule has 1 heterocycles. The van der Waals surface area contributed by atoms with E-state index in [0.29, 0.717) is 6.54 Å². The zero-order chi connectivity index (χ0) is 11.5. The second-order valence-electron chi connectivity index (χ2n) is 3.26. The SMILES string of the molecule is NC(=O)c1ncn(Cc2ccc(Br)cc2)n1. The molecule has 0 aliphatic rings. The predicted octanol–water partition coefficient (Wildman–Crippen LogP) is 1.19. The number of aromatic nitrogens is 3. The van der Waals surface area contributed by atoms with E-state index in [1.54, 1.807) is 4.68 Å². The molecule has 0 aliphatic heterocycles. The molecule has 2 rings (SSSR count). The lowest BCUT2D eigenvalue weighted by Gasteiger charge is -2.00. The molecule has 1 aromatic heterocycles. The Morgan fingerprint density at radius 1 is 1.38 bits per heavy atom. The summed E-state index contributed by atoms with van der Waals surface area (Å²) in [7, 11) is 0. The Kier molecular flexibility index (Phi) is 3.00. The summed E-state index contributed by atoms with van der Waals surface area (Å²) in [6, 6.07) is 7.83. The fraction of sp³-hybridized carbons (Fsp3) is 0.100. The number of halogens is 1. The van der Waals surface area contributed by atoms with Crippen molar-refractivity contribution in [2.75, 3.05) is 0 Å². The Morgan fingerprint density at radius 3 is 2.62 bits per heavy atom. The first kappa shape index (κ1) is 10.8. The standard InChI is InChI=1S/C10H9BrN4O/c11-8-3-1-7(2-4-8)5-15-6-13-10(14-15)9(12)16/h1-4,6H,5H2,(H2,12,16). The molecule has 0 unspecified atom stereocenters. The number of carbonyl (C=O) groups is 1. The molecule has 0 fully saturated rings. The van der Waals surface area contributed by atoms with Crippen LogP contribution in [0, 0.1) is 0 Å². The number of benzene rings is 1. The van der Waals surface area contributed by atoms with Gasteiger partial charge >= 0.3 is 0 Å². The molecule has 82 valence electrons. The van der Waals surface area contributed by atoms with Crippen molar-refractivity contribution < 1.29 is 4.79 Å². The van der Waals surface area contributed by atoms with Gasteiger partial charge in [-0.15, -0.1) is 5.10 Å². The van der Waals surface area contributed by atoms with Gasteiger partial charge in [0.1, 0.15) is 6.33 Å².